The first-order chi connectivity index (χ1) is 3.81. The molecule has 0 aliphatic carbocycles. The average Bonchev–Trinajstić information content (AvgIpc) is 1.83. The standard InChI is InChI=1S/C5H13N3/c1-2-3-4-5(6)8-7/h2-4,7H2,1H3,(H2,6,8). The molecule has 48 valence electrons. The maximum atomic E-state index is 5.28. The van der Waals surface area contributed by atoms with Crippen LogP contribution in [0.2, 0.25) is 0 Å². The molecule has 0 saturated heterocycles. The van der Waals surface area contributed by atoms with Crippen LogP contribution in [0.25, 0.3) is 0 Å². The third-order valence-corrected chi connectivity index (χ3v) is 0.952. The van der Waals surface area contributed by atoms with Gasteiger partial charge in [0.2, 0.25) is 0 Å². The molecular formula is C5H13N3. The van der Waals surface area contributed by atoms with Crippen molar-refractivity contribution in [1.82, 2.24) is 0 Å². The molecule has 0 aromatic heterocycles. The lowest BCUT2D eigenvalue weighted by atomic mass is 10.2. The zero-order chi connectivity index (χ0) is 6.41. The Morgan fingerprint density at radius 1 is 1.62 bits per heavy atom. The smallest absolute Gasteiger partial charge is 0.119 e. The summed E-state index contributed by atoms with van der Waals surface area (Å²) in [6.07, 6.45) is 3.04. The molecule has 8 heavy (non-hydrogen) atoms. The van der Waals surface area contributed by atoms with Gasteiger partial charge in [-0.15, -0.1) is 0 Å². The van der Waals surface area contributed by atoms with E-state index in [4.69, 9.17) is 11.6 Å². The third kappa shape index (κ3) is 3.46. The number of amidine groups is 1. The van der Waals surface area contributed by atoms with Crippen LogP contribution in [0.4, 0.5) is 0 Å². The molecule has 0 aromatic carbocycles. The van der Waals surface area contributed by atoms with Crippen LogP contribution in [0.3, 0.4) is 0 Å². The van der Waals surface area contributed by atoms with Gasteiger partial charge in [0.15, 0.2) is 0 Å². The number of nitrogens with two attached hydrogens (primary N) is 2. The molecule has 0 bridgehead atoms. The summed E-state index contributed by atoms with van der Waals surface area (Å²) in [5.74, 6) is 5.42. The fourth-order valence-electron chi connectivity index (χ4n) is 0.422. The zero-order valence-corrected chi connectivity index (χ0v) is 5.22. The van der Waals surface area contributed by atoms with Crippen molar-refractivity contribution in [2.45, 2.75) is 26.2 Å². The average molecular weight is 115 g/mol. The number of nitrogens with zero attached hydrogens (tertiary/aromatic N) is 1. The summed E-state index contributed by atoms with van der Waals surface area (Å²) in [6.45, 7) is 2.10. The Labute approximate surface area is 49.7 Å². The molecule has 0 unspecified atom stereocenters. The lowest BCUT2D eigenvalue weighted by molar-refractivity contribution is 0.828. The van der Waals surface area contributed by atoms with E-state index in [1.807, 2.05) is 0 Å². The lowest BCUT2D eigenvalue weighted by Crippen LogP contribution is -2.13. The van der Waals surface area contributed by atoms with Gasteiger partial charge in [-0.25, -0.2) is 0 Å². The number of rotatable bonds is 3. The van der Waals surface area contributed by atoms with Crippen LogP contribution in [0.1, 0.15) is 26.2 Å². The van der Waals surface area contributed by atoms with Crippen LogP contribution >= 0.6 is 0 Å². The Bertz CT molecular complexity index is 77.7. The largest absolute Gasteiger partial charge is 0.386 e. The van der Waals surface area contributed by atoms with Crippen LogP contribution in [0.15, 0.2) is 5.10 Å². The molecule has 3 heteroatoms. The Balaban J connectivity index is 3.12. The number of hydrogen-bond donors (Lipinski definition) is 2. The molecule has 3 nitrogen and oxygen atoms in total. The van der Waals surface area contributed by atoms with Gasteiger partial charge in [-0.2, -0.15) is 5.10 Å². The first-order valence-corrected chi connectivity index (χ1v) is 2.83. The summed E-state index contributed by atoms with van der Waals surface area (Å²) in [6, 6.07) is 0. The molecule has 0 rings (SSSR count). The van der Waals surface area contributed by atoms with E-state index in [0.717, 1.165) is 19.3 Å². The molecule has 0 heterocycles. The Morgan fingerprint density at radius 3 is 2.62 bits per heavy atom. The number of hydrazone groups is 1. The van der Waals surface area contributed by atoms with Crippen LogP contribution in [0.5, 0.6) is 0 Å². The summed E-state index contributed by atoms with van der Waals surface area (Å²) in [5, 5.41) is 3.32. The maximum absolute atomic E-state index is 5.28. The highest BCUT2D eigenvalue weighted by Crippen LogP contribution is 1.91. The van der Waals surface area contributed by atoms with Crippen molar-refractivity contribution in [3.8, 4) is 0 Å². The molecular weight excluding hydrogens is 102 g/mol. The topological polar surface area (TPSA) is 64.4 Å². The maximum Gasteiger partial charge on any atom is 0.119 e. The second kappa shape index (κ2) is 4.43. The summed E-state index contributed by atoms with van der Waals surface area (Å²) >= 11 is 0. The Kier molecular flexibility index (Phi) is 4.03. The Morgan fingerprint density at radius 2 is 2.25 bits per heavy atom. The van der Waals surface area contributed by atoms with E-state index >= 15 is 0 Å². The minimum Gasteiger partial charge on any atom is -0.386 e. The van der Waals surface area contributed by atoms with Gasteiger partial charge in [0, 0.05) is 6.42 Å². The number of unbranched alkanes of at least 4 members (excludes halogenated alkanes) is 1. The van der Waals surface area contributed by atoms with Gasteiger partial charge >= 0.3 is 0 Å². The summed E-state index contributed by atoms with van der Waals surface area (Å²) in [5.41, 5.74) is 5.28. The van der Waals surface area contributed by atoms with Gasteiger partial charge in [-0.3, -0.25) is 0 Å². The second-order valence-electron chi connectivity index (χ2n) is 1.72. The summed E-state index contributed by atoms with van der Waals surface area (Å²) in [7, 11) is 0. The van der Waals surface area contributed by atoms with Gasteiger partial charge in [-0.05, 0) is 6.42 Å². The molecule has 0 radical (unpaired) electrons. The monoisotopic (exact) mass is 115 g/mol. The first kappa shape index (κ1) is 7.27. The quantitative estimate of drug-likeness (QED) is 0.242. The first-order valence-electron chi connectivity index (χ1n) is 2.83. The molecule has 0 saturated carbocycles. The lowest BCUT2D eigenvalue weighted by Gasteiger charge is -1.93. The highest BCUT2D eigenvalue weighted by Gasteiger charge is 1.87. The van der Waals surface area contributed by atoms with Gasteiger partial charge < -0.3 is 11.6 Å². The van der Waals surface area contributed by atoms with Crippen molar-refractivity contribution in [3.63, 3.8) is 0 Å². The van der Waals surface area contributed by atoms with Gasteiger partial charge in [-0.1, -0.05) is 13.3 Å². The van der Waals surface area contributed by atoms with E-state index in [1.54, 1.807) is 0 Å². The van der Waals surface area contributed by atoms with Crippen molar-refractivity contribution >= 4 is 5.84 Å². The van der Waals surface area contributed by atoms with Gasteiger partial charge in [0.25, 0.3) is 0 Å². The fraction of sp³-hybridized carbons (Fsp3) is 0.800. The minimum absolute atomic E-state index is 0.548. The summed E-state index contributed by atoms with van der Waals surface area (Å²) in [4.78, 5) is 0. The number of hydrogen-bond acceptors (Lipinski definition) is 2. The molecule has 0 aliphatic heterocycles. The van der Waals surface area contributed by atoms with Crippen molar-refractivity contribution in [2.24, 2.45) is 16.7 Å². The molecule has 0 aliphatic rings. The van der Waals surface area contributed by atoms with E-state index in [-0.39, 0.29) is 0 Å². The predicted octanol–water partition coefficient (Wildman–Crippen LogP) is 0.408. The Hall–Kier alpha value is -0.730. The van der Waals surface area contributed by atoms with Crippen LogP contribution in [-0.4, -0.2) is 5.84 Å². The van der Waals surface area contributed by atoms with Gasteiger partial charge in [0.05, 0.1) is 0 Å². The highest BCUT2D eigenvalue weighted by molar-refractivity contribution is 5.79. The van der Waals surface area contributed by atoms with Crippen LogP contribution in [-0.2, 0) is 0 Å². The van der Waals surface area contributed by atoms with Crippen LogP contribution in [0, 0.1) is 0 Å². The van der Waals surface area contributed by atoms with Crippen molar-refractivity contribution in [1.29, 1.82) is 0 Å². The van der Waals surface area contributed by atoms with Gasteiger partial charge in [0.1, 0.15) is 5.84 Å². The normalized spacial score (nSPS) is 11.9. The fourth-order valence-corrected chi connectivity index (χ4v) is 0.422. The van der Waals surface area contributed by atoms with E-state index < -0.39 is 0 Å². The molecule has 0 amide bonds. The minimum atomic E-state index is 0.548. The third-order valence-electron chi connectivity index (χ3n) is 0.952. The second-order valence-corrected chi connectivity index (χ2v) is 1.72. The highest BCUT2D eigenvalue weighted by atomic mass is 15.1. The van der Waals surface area contributed by atoms with E-state index in [1.165, 1.54) is 0 Å². The molecule has 0 fully saturated rings. The molecule has 4 N–H and O–H groups in total. The summed E-state index contributed by atoms with van der Waals surface area (Å²) < 4.78 is 0. The zero-order valence-electron chi connectivity index (χ0n) is 5.22. The SMILES string of the molecule is CCCCC(N)=NN. The molecule has 0 spiro atoms. The molecule has 0 atom stereocenters. The van der Waals surface area contributed by atoms with Crippen molar-refractivity contribution < 1.29 is 0 Å². The van der Waals surface area contributed by atoms with Crippen molar-refractivity contribution in [3.05, 3.63) is 0 Å². The van der Waals surface area contributed by atoms with Crippen molar-refractivity contribution in [2.75, 3.05) is 0 Å². The van der Waals surface area contributed by atoms with Crippen LogP contribution < -0.4 is 11.6 Å². The predicted molar refractivity (Wildman–Crippen MR) is 35.3 cm³/mol. The van der Waals surface area contributed by atoms with E-state index in [9.17, 15) is 0 Å². The molecule has 0 aromatic rings. The van der Waals surface area contributed by atoms with E-state index in [0.29, 0.717) is 5.84 Å². The van der Waals surface area contributed by atoms with E-state index in [2.05, 4.69) is 12.0 Å².